The first-order valence-corrected chi connectivity index (χ1v) is 10.5. The first kappa shape index (κ1) is 24.2. The fourth-order valence-electron chi connectivity index (χ4n) is 3.54. The highest BCUT2D eigenvalue weighted by Gasteiger charge is 2.37. The molecule has 0 saturated carbocycles. The molecule has 2 aromatic heterocycles. The van der Waals surface area contributed by atoms with Crippen LogP contribution in [0.1, 0.15) is 28.2 Å². The highest BCUT2D eigenvalue weighted by atomic mass is 19.4. The van der Waals surface area contributed by atoms with E-state index in [2.05, 4.69) is 15.0 Å². The summed E-state index contributed by atoms with van der Waals surface area (Å²) < 4.78 is 80.5. The molecule has 0 aliphatic carbocycles. The van der Waals surface area contributed by atoms with E-state index in [1.54, 1.807) is 12.1 Å². The quantitative estimate of drug-likeness (QED) is 0.318. The molecule has 2 heterocycles. The SMILES string of the molecule is CN(CCc1ccccc1)n1c(C=Cc2ccc(C(F)(F)F)cc2)nc2c(C(F)(F)F)ncnc21. The lowest BCUT2D eigenvalue weighted by Gasteiger charge is -2.22. The Labute approximate surface area is 196 Å². The van der Waals surface area contributed by atoms with E-state index >= 15 is 0 Å². The minimum Gasteiger partial charge on any atom is -0.312 e. The minimum absolute atomic E-state index is 0.0324. The summed E-state index contributed by atoms with van der Waals surface area (Å²) in [5.74, 6) is 0.126. The monoisotopic (exact) mass is 491 g/mol. The summed E-state index contributed by atoms with van der Waals surface area (Å²) in [5.41, 5.74) is -0.954. The first-order valence-electron chi connectivity index (χ1n) is 10.5. The van der Waals surface area contributed by atoms with Gasteiger partial charge in [0.15, 0.2) is 17.2 Å². The van der Waals surface area contributed by atoms with E-state index in [1.807, 2.05) is 30.3 Å². The highest BCUT2D eigenvalue weighted by Crippen LogP contribution is 2.33. The summed E-state index contributed by atoms with van der Waals surface area (Å²) in [6, 6.07) is 14.0. The van der Waals surface area contributed by atoms with E-state index in [0.717, 1.165) is 24.0 Å². The van der Waals surface area contributed by atoms with Crippen molar-refractivity contribution < 1.29 is 26.3 Å². The van der Waals surface area contributed by atoms with E-state index in [1.165, 1.54) is 29.0 Å². The van der Waals surface area contributed by atoms with Crippen molar-refractivity contribution in [3.63, 3.8) is 0 Å². The zero-order valence-electron chi connectivity index (χ0n) is 18.3. The van der Waals surface area contributed by atoms with Crippen molar-refractivity contribution in [3.8, 4) is 0 Å². The maximum absolute atomic E-state index is 13.6. The van der Waals surface area contributed by atoms with Crippen LogP contribution in [0.2, 0.25) is 0 Å². The van der Waals surface area contributed by atoms with Gasteiger partial charge in [-0.3, -0.25) is 0 Å². The lowest BCUT2D eigenvalue weighted by Crippen LogP contribution is -2.33. The Morgan fingerprint density at radius 3 is 2.17 bits per heavy atom. The van der Waals surface area contributed by atoms with E-state index in [-0.39, 0.29) is 11.5 Å². The Morgan fingerprint density at radius 1 is 0.857 bits per heavy atom. The molecule has 4 aromatic rings. The number of rotatable bonds is 6. The molecule has 0 fully saturated rings. The molecule has 5 nitrogen and oxygen atoms in total. The van der Waals surface area contributed by atoms with Crippen LogP contribution in [0.15, 0.2) is 60.9 Å². The molecule has 0 radical (unpaired) electrons. The van der Waals surface area contributed by atoms with Gasteiger partial charge in [-0.1, -0.05) is 48.5 Å². The molecule has 11 heteroatoms. The predicted molar refractivity (Wildman–Crippen MR) is 120 cm³/mol. The van der Waals surface area contributed by atoms with Crippen LogP contribution in [-0.4, -0.2) is 33.2 Å². The van der Waals surface area contributed by atoms with Crippen LogP contribution in [0.5, 0.6) is 0 Å². The van der Waals surface area contributed by atoms with E-state index in [0.29, 0.717) is 18.5 Å². The second kappa shape index (κ2) is 9.40. The zero-order chi connectivity index (χ0) is 25.2. The van der Waals surface area contributed by atoms with Crippen molar-refractivity contribution >= 4 is 23.3 Å². The summed E-state index contributed by atoms with van der Waals surface area (Å²) >= 11 is 0. The van der Waals surface area contributed by atoms with Gasteiger partial charge in [-0.2, -0.15) is 26.3 Å². The molecule has 0 spiro atoms. The van der Waals surface area contributed by atoms with E-state index < -0.39 is 29.1 Å². The summed E-state index contributed by atoms with van der Waals surface area (Å²) in [4.78, 5) is 11.5. The van der Waals surface area contributed by atoms with E-state index in [9.17, 15) is 26.3 Å². The van der Waals surface area contributed by atoms with Crippen LogP contribution < -0.4 is 5.01 Å². The Morgan fingerprint density at radius 2 is 1.54 bits per heavy atom. The summed E-state index contributed by atoms with van der Waals surface area (Å²) in [6.45, 7) is 0.432. The van der Waals surface area contributed by atoms with Crippen molar-refractivity contribution in [1.82, 2.24) is 19.6 Å². The number of hydrogen-bond donors (Lipinski definition) is 0. The first-order chi connectivity index (χ1) is 16.5. The van der Waals surface area contributed by atoms with Crippen molar-refractivity contribution in [3.05, 3.63) is 89.1 Å². The molecule has 0 atom stereocenters. The Bertz CT molecular complexity index is 1330. The molecule has 0 aliphatic heterocycles. The summed E-state index contributed by atoms with van der Waals surface area (Å²) in [5, 5.41) is 1.68. The van der Waals surface area contributed by atoms with Crippen LogP contribution in [0, 0.1) is 0 Å². The van der Waals surface area contributed by atoms with Gasteiger partial charge in [0.05, 0.1) is 5.56 Å². The Balaban J connectivity index is 1.72. The summed E-state index contributed by atoms with van der Waals surface area (Å²) in [7, 11) is 1.69. The average Bonchev–Trinajstić information content (AvgIpc) is 3.19. The maximum Gasteiger partial charge on any atom is 0.435 e. The number of fused-ring (bicyclic) bond motifs is 1. The molecule has 2 aromatic carbocycles. The number of aromatic nitrogens is 4. The third-order valence-electron chi connectivity index (χ3n) is 5.29. The van der Waals surface area contributed by atoms with Gasteiger partial charge in [0.25, 0.3) is 0 Å². The zero-order valence-corrected chi connectivity index (χ0v) is 18.3. The van der Waals surface area contributed by atoms with Crippen molar-refractivity contribution in [2.24, 2.45) is 0 Å². The molecule has 35 heavy (non-hydrogen) atoms. The smallest absolute Gasteiger partial charge is 0.312 e. The molecule has 182 valence electrons. The predicted octanol–water partition coefficient (Wildman–Crippen LogP) is 5.84. The molecule has 4 rings (SSSR count). The van der Waals surface area contributed by atoms with Gasteiger partial charge in [0.2, 0.25) is 0 Å². The topological polar surface area (TPSA) is 46.8 Å². The normalized spacial score (nSPS) is 12.5. The van der Waals surface area contributed by atoms with E-state index in [4.69, 9.17) is 0 Å². The van der Waals surface area contributed by atoms with Crippen molar-refractivity contribution in [2.45, 2.75) is 18.8 Å². The molecule has 0 amide bonds. The fourth-order valence-corrected chi connectivity index (χ4v) is 3.54. The van der Waals surface area contributed by atoms with Gasteiger partial charge in [-0.15, -0.1) is 0 Å². The van der Waals surface area contributed by atoms with Crippen LogP contribution in [-0.2, 0) is 18.8 Å². The third-order valence-corrected chi connectivity index (χ3v) is 5.29. The van der Waals surface area contributed by atoms with Gasteiger partial charge in [-0.25, -0.2) is 19.6 Å². The van der Waals surface area contributed by atoms with Crippen molar-refractivity contribution in [1.29, 1.82) is 0 Å². The van der Waals surface area contributed by atoms with Gasteiger partial charge in [0.1, 0.15) is 11.8 Å². The van der Waals surface area contributed by atoms with Gasteiger partial charge < -0.3 is 5.01 Å². The lowest BCUT2D eigenvalue weighted by molar-refractivity contribution is -0.140. The number of benzene rings is 2. The molecular weight excluding hydrogens is 472 g/mol. The van der Waals surface area contributed by atoms with Crippen LogP contribution in [0.4, 0.5) is 26.3 Å². The highest BCUT2D eigenvalue weighted by molar-refractivity contribution is 5.79. The molecule has 0 saturated heterocycles. The van der Waals surface area contributed by atoms with Crippen LogP contribution in [0.25, 0.3) is 23.3 Å². The maximum atomic E-state index is 13.6. The van der Waals surface area contributed by atoms with Crippen LogP contribution >= 0.6 is 0 Å². The van der Waals surface area contributed by atoms with Gasteiger partial charge in [-0.05, 0) is 35.8 Å². The number of halogens is 6. The molecular formula is C24H19F6N5. The molecule has 0 unspecified atom stereocenters. The fraction of sp³-hybridized carbons (Fsp3) is 0.208. The number of imidazole rings is 1. The van der Waals surface area contributed by atoms with Gasteiger partial charge in [0, 0.05) is 13.6 Å². The Hall–Kier alpha value is -3.89. The number of likely N-dealkylation sites (N-methyl/N-ethyl adjacent to an activating group) is 1. The van der Waals surface area contributed by atoms with Crippen molar-refractivity contribution in [2.75, 3.05) is 18.6 Å². The average molecular weight is 491 g/mol. The number of hydrogen-bond acceptors (Lipinski definition) is 4. The second-order valence-corrected chi connectivity index (χ2v) is 7.74. The standard InChI is InChI=1S/C24H19F6N5/c1-34(14-13-16-5-3-2-4-6-16)35-19(12-9-17-7-10-18(11-8-17)23(25,26)27)33-20-21(24(28,29)30)31-15-32-22(20)35/h2-12,15H,13-14H2,1H3. The number of nitrogens with zero attached hydrogens (tertiary/aromatic N) is 5. The summed E-state index contributed by atoms with van der Waals surface area (Å²) in [6.07, 6.45) is -4.86. The Kier molecular flexibility index (Phi) is 6.51. The number of alkyl halides is 6. The minimum atomic E-state index is -4.74. The largest absolute Gasteiger partial charge is 0.435 e. The molecule has 0 aliphatic rings. The molecule has 0 N–H and O–H groups in total. The van der Waals surface area contributed by atoms with Gasteiger partial charge >= 0.3 is 12.4 Å². The lowest BCUT2D eigenvalue weighted by atomic mass is 10.1. The van der Waals surface area contributed by atoms with Crippen LogP contribution in [0.3, 0.4) is 0 Å². The molecule has 0 bridgehead atoms. The second-order valence-electron chi connectivity index (χ2n) is 7.74. The third kappa shape index (κ3) is 5.44.